The Balaban J connectivity index is 2.33. The molecule has 1 aromatic heterocycles. The summed E-state index contributed by atoms with van der Waals surface area (Å²) in [5, 5.41) is 3.07. The Morgan fingerprint density at radius 1 is 1.20 bits per heavy atom. The van der Waals surface area contributed by atoms with Crippen molar-refractivity contribution in [3.05, 3.63) is 41.5 Å². The Kier molecular flexibility index (Phi) is 2.75. The molecule has 0 fully saturated rings. The molecule has 5 heteroatoms. The number of aryl methyl sites for hydroxylation is 1. The number of hydrogen-bond donors (Lipinski definition) is 1. The molecule has 1 N–H and O–H groups in total. The predicted molar refractivity (Wildman–Crippen MR) is 74.2 cm³/mol. The maximum Gasteiger partial charge on any atom is 0.258 e. The van der Waals surface area contributed by atoms with Crippen molar-refractivity contribution in [2.45, 2.75) is 6.92 Å². The van der Waals surface area contributed by atoms with Gasteiger partial charge in [-0.1, -0.05) is 11.6 Å². The number of rotatable bonds is 2. The van der Waals surface area contributed by atoms with E-state index in [0.29, 0.717) is 17.0 Å². The van der Waals surface area contributed by atoms with Crippen molar-refractivity contribution in [2.24, 2.45) is 0 Å². The summed E-state index contributed by atoms with van der Waals surface area (Å²) in [7, 11) is 1.51. The minimum Gasteiger partial charge on any atom is -0.481 e. The van der Waals surface area contributed by atoms with E-state index in [-0.39, 0.29) is 0 Å². The molecule has 0 saturated carbocycles. The van der Waals surface area contributed by atoms with Crippen LogP contribution in [0.15, 0.2) is 30.3 Å². The van der Waals surface area contributed by atoms with Crippen molar-refractivity contribution in [3.63, 3.8) is 0 Å². The molecule has 100 valence electrons. The molecule has 0 spiro atoms. The number of fused-ring (bicyclic) bond motifs is 1. The quantitative estimate of drug-likeness (QED) is 0.840. The third-order valence-electron chi connectivity index (χ3n) is 3.20. The fourth-order valence-electron chi connectivity index (χ4n) is 2.25. The highest BCUT2D eigenvalue weighted by atomic mass is 16.5. The highest BCUT2D eigenvalue weighted by molar-refractivity contribution is 6.35. The first-order valence-corrected chi connectivity index (χ1v) is 6.11. The topological polar surface area (TPSA) is 68.3 Å². The van der Waals surface area contributed by atoms with Crippen LogP contribution >= 0.6 is 0 Å². The van der Waals surface area contributed by atoms with Crippen molar-refractivity contribution in [3.8, 4) is 5.88 Å². The van der Waals surface area contributed by atoms with Gasteiger partial charge in [0.05, 0.1) is 18.2 Å². The van der Waals surface area contributed by atoms with Gasteiger partial charge in [0, 0.05) is 23.1 Å². The molecule has 0 radical (unpaired) electrons. The first-order valence-electron chi connectivity index (χ1n) is 6.11. The van der Waals surface area contributed by atoms with Crippen LogP contribution in [0.1, 0.15) is 11.1 Å². The van der Waals surface area contributed by atoms with E-state index in [1.165, 1.54) is 13.2 Å². The Morgan fingerprint density at radius 2 is 2.00 bits per heavy atom. The summed E-state index contributed by atoms with van der Waals surface area (Å²) in [6.45, 7) is 1.96. The molecule has 0 bridgehead atoms. The fraction of sp³-hybridized carbons (Fsp3) is 0.133. The van der Waals surface area contributed by atoms with Crippen LogP contribution in [0.3, 0.4) is 0 Å². The van der Waals surface area contributed by atoms with Crippen LogP contribution in [-0.2, 0) is 9.59 Å². The van der Waals surface area contributed by atoms with E-state index in [2.05, 4.69) is 10.3 Å². The van der Waals surface area contributed by atoms with Gasteiger partial charge < -0.3 is 4.74 Å². The number of aromatic nitrogens is 1. The van der Waals surface area contributed by atoms with Gasteiger partial charge in [0.2, 0.25) is 5.88 Å². The summed E-state index contributed by atoms with van der Waals surface area (Å²) in [6.07, 6.45) is 1.30. The molecule has 0 aliphatic carbocycles. The molecule has 0 atom stereocenters. The Hall–Kier alpha value is -2.69. The van der Waals surface area contributed by atoms with Crippen molar-refractivity contribution in [1.82, 2.24) is 10.3 Å². The molecular weight excluding hydrogens is 256 g/mol. The number of amides is 2. The second-order valence-corrected chi connectivity index (χ2v) is 4.61. The Morgan fingerprint density at radius 3 is 2.65 bits per heavy atom. The van der Waals surface area contributed by atoms with Crippen LogP contribution in [0.5, 0.6) is 5.88 Å². The SMILES string of the molecule is COc1cc(C2=CC(=O)NC2=O)c2cc(C)ccc2n1. The van der Waals surface area contributed by atoms with Crippen molar-refractivity contribution >= 4 is 28.3 Å². The predicted octanol–water partition coefficient (Wildman–Crippen LogP) is 1.59. The summed E-state index contributed by atoms with van der Waals surface area (Å²) in [5.41, 5.74) is 2.76. The molecule has 5 nitrogen and oxygen atoms in total. The van der Waals surface area contributed by atoms with E-state index in [1.807, 2.05) is 25.1 Å². The van der Waals surface area contributed by atoms with Crippen LogP contribution < -0.4 is 10.1 Å². The standard InChI is InChI=1S/C15H12N2O3/c1-8-3-4-12-10(5-8)9(7-14(16-12)20-2)11-6-13(18)17-15(11)19/h3-7H,1-2H3,(H,17,18,19). The summed E-state index contributed by atoms with van der Waals surface area (Å²) < 4.78 is 5.16. The first-order chi connectivity index (χ1) is 9.58. The summed E-state index contributed by atoms with van der Waals surface area (Å²) >= 11 is 0. The van der Waals surface area contributed by atoms with Gasteiger partial charge in [-0.25, -0.2) is 4.98 Å². The zero-order valence-electron chi connectivity index (χ0n) is 11.1. The van der Waals surface area contributed by atoms with Gasteiger partial charge >= 0.3 is 0 Å². The maximum absolute atomic E-state index is 11.9. The van der Waals surface area contributed by atoms with Crippen LogP contribution in [0.2, 0.25) is 0 Å². The number of hydrogen-bond acceptors (Lipinski definition) is 4. The molecule has 0 saturated heterocycles. The highest BCUT2D eigenvalue weighted by Gasteiger charge is 2.24. The minimum atomic E-state index is -0.401. The molecule has 20 heavy (non-hydrogen) atoms. The Bertz CT molecular complexity index is 778. The van der Waals surface area contributed by atoms with Gasteiger partial charge in [0.15, 0.2) is 0 Å². The number of benzene rings is 1. The van der Waals surface area contributed by atoms with Gasteiger partial charge in [-0.15, -0.1) is 0 Å². The number of carbonyl (C=O) groups is 2. The maximum atomic E-state index is 11.9. The average molecular weight is 268 g/mol. The third-order valence-corrected chi connectivity index (χ3v) is 3.20. The van der Waals surface area contributed by atoms with E-state index < -0.39 is 11.8 Å². The van der Waals surface area contributed by atoms with E-state index in [9.17, 15) is 9.59 Å². The van der Waals surface area contributed by atoms with Crippen LogP contribution in [0, 0.1) is 6.92 Å². The molecule has 3 rings (SSSR count). The average Bonchev–Trinajstić information content (AvgIpc) is 2.76. The molecule has 1 aromatic carbocycles. The van der Waals surface area contributed by atoms with E-state index >= 15 is 0 Å². The Labute approximate surface area is 115 Å². The van der Waals surface area contributed by atoms with Gasteiger partial charge in [0.1, 0.15) is 0 Å². The summed E-state index contributed by atoms with van der Waals surface area (Å²) in [6, 6.07) is 7.42. The second kappa shape index (κ2) is 4.45. The zero-order valence-corrected chi connectivity index (χ0v) is 11.1. The van der Waals surface area contributed by atoms with Gasteiger partial charge in [0.25, 0.3) is 11.8 Å². The number of methoxy groups -OCH3 is 1. The number of ether oxygens (including phenoxy) is 1. The monoisotopic (exact) mass is 268 g/mol. The van der Waals surface area contributed by atoms with Crippen molar-refractivity contribution < 1.29 is 14.3 Å². The largest absolute Gasteiger partial charge is 0.481 e. The van der Waals surface area contributed by atoms with E-state index in [1.54, 1.807) is 6.07 Å². The smallest absolute Gasteiger partial charge is 0.258 e. The normalized spacial score (nSPS) is 14.4. The molecule has 2 aromatic rings. The molecule has 2 amide bonds. The number of carbonyl (C=O) groups excluding carboxylic acids is 2. The molecule has 2 heterocycles. The summed E-state index contributed by atoms with van der Waals surface area (Å²) in [4.78, 5) is 27.5. The van der Waals surface area contributed by atoms with Gasteiger partial charge in [-0.05, 0) is 19.1 Å². The number of nitrogens with one attached hydrogen (secondary N) is 1. The van der Waals surface area contributed by atoms with Crippen LogP contribution in [-0.4, -0.2) is 23.9 Å². The fourth-order valence-corrected chi connectivity index (χ4v) is 2.25. The molecule has 0 unspecified atom stereocenters. The third kappa shape index (κ3) is 1.93. The van der Waals surface area contributed by atoms with Crippen LogP contribution in [0.4, 0.5) is 0 Å². The molecular formula is C15H12N2O3. The number of imide groups is 1. The van der Waals surface area contributed by atoms with E-state index in [0.717, 1.165) is 16.5 Å². The lowest BCUT2D eigenvalue weighted by atomic mass is 10.00. The van der Waals surface area contributed by atoms with Gasteiger partial charge in [-0.3, -0.25) is 14.9 Å². The number of pyridine rings is 1. The van der Waals surface area contributed by atoms with Crippen molar-refractivity contribution in [2.75, 3.05) is 7.11 Å². The number of nitrogens with zero attached hydrogens (tertiary/aromatic N) is 1. The van der Waals surface area contributed by atoms with Crippen LogP contribution in [0.25, 0.3) is 16.5 Å². The molecule has 1 aliphatic rings. The lowest BCUT2D eigenvalue weighted by Crippen LogP contribution is -2.21. The molecule has 1 aliphatic heterocycles. The lowest BCUT2D eigenvalue weighted by molar-refractivity contribution is -0.123. The zero-order chi connectivity index (χ0) is 14.3. The minimum absolute atomic E-state index is 0.339. The first kappa shape index (κ1) is 12.3. The highest BCUT2D eigenvalue weighted by Crippen LogP contribution is 2.30. The summed E-state index contributed by atoms with van der Waals surface area (Å²) in [5.74, 6) is -0.392. The van der Waals surface area contributed by atoms with Gasteiger partial charge in [-0.2, -0.15) is 0 Å². The van der Waals surface area contributed by atoms with E-state index in [4.69, 9.17) is 4.74 Å². The lowest BCUT2D eigenvalue weighted by Gasteiger charge is -2.09. The van der Waals surface area contributed by atoms with Crippen molar-refractivity contribution in [1.29, 1.82) is 0 Å². The second-order valence-electron chi connectivity index (χ2n) is 4.61.